The first-order valence-electron chi connectivity index (χ1n) is 9.96. The molecule has 4 heterocycles. The van der Waals surface area contributed by atoms with Gasteiger partial charge in [0.25, 0.3) is 0 Å². The second kappa shape index (κ2) is 7.38. The highest BCUT2D eigenvalue weighted by Gasteiger charge is 2.28. The SMILES string of the molecule is CN1CCN(CCN2CCOc3ccc4sc(N5CCNC5=O)nc4c32)CC1. The van der Waals surface area contributed by atoms with Crippen molar-refractivity contribution < 1.29 is 9.53 Å². The first kappa shape index (κ1) is 18.0. The number of aromatic nitrogens is 1. The Balaban J connectivity index is 1.40. The lowest BCUT2D eigenvalue weighted by Gasteiger charge is -2.36. The highest BCUT2D eigenvalue weighted by atomic mass is 32.1. The van der Waals surface area contributed by atoms with E-state index < -0.39 is 0 Å². The van der Waals surface area contributed by atoms with E-state index in [1.54, 1.807) is 16.2 Å². The Morgan fingerprint density at radius 2 is 2.00 bits per heavy atom. The molecule has 2 saturated heterocycles. The molecule has 3 aliphatic heterocycles. The molecular weight excluding hydrogens is 376 g/mol. The first-order valence-corrected chi connectivity index (χ1v) is 10.8. The molecule has 1 N–H and O–H groups in total. The maximum absolute atomic E-state index is 12.0. The summed E-state index contributed by atoms with van der Waals surface area (Å²) in [7, 11) is 2.19. The molecule has 1 aromatic heterocycles. The lowest BCUT2D eigenvalue weighted by Crippen LogP contribution is -2.47. The van der Waals surface area contributed by atoms with Crippen LogP contribution in [0.25, 0.3) is 10.2 Å². The number of carbonyl (C=O) groups excluding carboxylic acids is 1. The van der Waals surface area contributed by atoms with E-state index >= 15 is 0 Å². The van der Waals surface area contributed by atoms with Gasteiger partial charge in [-0.25, -0.2) is 9.78 Å². The van der Waals surface area contributed by atoms with E-state index in [-0.39, 0.29) is 6.03 Å². The highest BCUT2D eigenvalue weighted by molar-refractivity contribution is 7.22. The number of anilines is 2. The van der Waals surface area contributed by atoms with Crippen LogP contribution in [0.15, 0.2) is 12.1 Å². The molecule has 3 aliphatic rings. The molecule has 0 aliphatic carbocycles. The van der Waals surface area contributed by atoms with Crippen molar-refractivity contribution in [2.45, 2.75) is 0 Å². The topological polar surface area (TPSA) is 64.2 Å². The number of fused-ring (bicyclic) bond motifs is 3. The molecule has 2 fully saturated rings. The number of carbonyl (C=O) groups is 1. The summed E-state index contributed by atoms with van der Waals surface area (Å²) in [5, 5.41) is 3.62. The van der Waals surface area contributed by atoms with Gasteiger partial charge < -0.3 is 19.9 Å². The molecular formula is C19H26N6O2S. The lowest BCUT2D eigenvalue weighted by molar-refractivity contribution is 0.156. The number of benzene rings is 1. The summed E-state index contributed by atoms with van der Waals surface area (Å²) in [5.74, 6) is 0.903. The molecule has 2 amide bonds. The van der Waals surface area contributed by atoms with Gasteiger partial charge in [-0.2, -0.15) is 0 Å². The second-order valence-corrected chi connectivity index (χ2v) is 8.63. The van der Waals surface area contributed by atoms with Crippen LogP contribution >= 0.6 is 11.3 Å². The van der Waals surface area contributed by atoms with Gasteiger partial charge in [0.1, 0.15) is 23.6 Å². The molecule has 2 aromatic rings. The summed E-state index contributed by atoms with van der Waals surface area (Å²) in [6.45, 7) is 9.47. The number of thiazole rings is 1. The molecule has 8 nitrogen and oxygen atoms in total. The highest BCUT2D eigenvalue weighted by Crippen LogP contribution is 2.42. The molecule has 9 heteroatoms. The summed E-state index contributed by atoms with van der Waals surface area (Å²) < 4.78 is 7.03. The Morgan fingerprint density at radius 1 is 1.14 bits per heavy atom. The van der Waals surface area contributed by atoms with Crippen molar-refractivity contribution in [1.82, 2.24) is 20.1 Å². The maximum Gasteiger partial charge on any atom is 0.323 e. The average molecular weight is 403 g/mol. The third-order valence-corrected chi connectivity index (χ3v) is 6.83. The molecule has 0 radical (unpaired) electrons. The number of nitrogens with zero attached hydrogens (tertiary/aromatic N) is 5. The molecule has 5 rings (SSSR count). The van der Waals surface area contributed by atoms with Crippen LogP contribution in [0.2, 0.25) is 0 Å². The summed E-state index contributed by atoms with van der Waals surface area (Å²) in [6.07, 6.45) is 0. The number of hydrogen-bond donors (Lipinski definition) is 1. The lowest BCUT2D eigenvalue weighted by atomic mass is 10.2. The van der Waals surface area contributed by atoms with Gasteiger partial charge in [-0.15, -0.1) is 0 Å². The van der Waals surface area contributed by atoms with E-state index in [4.69, 9.17) is 9.72 Å². The Bertz CT molecular complexity index is 879. The minimum atomic E-state index is -0.0592. The normalized spacial score (nSPS) is 21.1. The summed E-state index contributed by atoms with van der Waals surface area (Å²) in [6, 6.07) is 4.05. The van der Waals surface area contributed by atoms with Gasteiger partial charge in [0, 0.05) is 52.4 Å². The number of amides is 2. The van der Waals surface area contributed by atoms with Crippen LogP contribution in [0.3, 0.4) is 0 Å². The largest absolute Gasteiger partial charge is 0.489 e. The van der Waals surface area contributed by atoms with Crippen LogP contribution in [-0.2, 0) is 0 Å². The molecule has 150 valence electrons. The Hall–Kier alpha value is -2.10. The average Bonchev–Trinajstić information content (AvgIpc) is 3.33. The van der Waals surface area contributed by atoms with E-state index in [9.17, 15) is 4.79 Å². The van der Waals surface area contributed by atoms with E-state index in [2.05, 4.69) is 33.1 Å². The van der Waals surface area contributed by atoms with Gasteiger partial charge in [0.05, 0.1) is 11.2 Å². The van der Waals surface area contributed by atoms with E-state index in [1.807, 2.05) is 6.07 Å². The van der Waals surface area contributed by atoms with Crippen LogP contribution in [0, 0.1) is 0 Å². The maximum atomic E-state index is 12.0. The summed E-state index contributed by atoms with van der Waals surface area (Å²) in [4.78, 5) is 26.0. The molecule has 0 unspecified atom stereocenters. The van der Waals surface area contributed by atoms with Gasteiger partial charge in [-0.1, -0.05) is 11.3 Å². The van der Waals surface area contributed by atoms with Crippen molar-refractivity contribution in [2.24, 2.45) is 0 Å². The zero-order chi connectivity index (χ0) is 19.1. The van der Waals surface area contributed by atoms with Crippen molar-refractivity contribution in [3.8, 4) is 5.75 Å². The van der Waals surface area contributed by atoms with Crippen LogP contribution in [-0.4, -0.2) is 93.4 Å². The van der Waals surface area contributed by atoms with Crippen LogP contribution < -0.4 is 19.9 Å². The number of piperazine rings is 1. The van der Waals surface area contributed by atoms with Gasteiger partial charge in [-0.3, -0.25) is 9.80 Å². The fourth-order valence-corrected chi connectivity index (χ4v) is 5.07. The zero-order valence-electron chi connectivity index (χ0n) is 16.2. The fraction of sp³-hybridized carbons (Fsp3) is 0.579. The van der Waals surface area contributed by atoms with Crippen molar-refractivity contribution in [3.05, 3.63) is 12.1 Å². The Kier molecular flexibility index (Phi) is 4.73. The minimum absolute atomic E-state index is 0.0592. The van der Waals surface area contributed by atoms with E-state index in [0.717, 1.165) is 72.6 Å². The zero-order valence-corrected chi connectivity index (χ0v) is 17.0. The fourth-order valence-electron chi connectivity index (χ4n) is 4.08. The van der Waals surface area contributed by atoms with Crippen molar-refractivity contribution in [3.63, 3.8) is 0 Å². The van der Waals surface area contributed by atoms with Crippen LogP contribution in [0.1, 0.15) is 0 Å². The molecule has 0 saturated carbocycles. The van der Waals surface area contributed by atoms with Crippen molar-refractivity contribution >= 4 is 38.4 Å². The standard InChI is InChI=1S/C19H26N6O2S/c1-22-6-8-23(9-7-22)10-11-24-12-13-27-14-2-3-15-16(17(14)24)21-19(28-15)25-5-4-20-18(25)26/h2-3H,4-13H2,1H3,(H,20,26). The monoisotopic (exact) mass is 402 g/mol. The minimum Gasteiger partial charge on any atom is -0.489 e. The molecule has 0 bridgehead atoms. The number of hydrogen-bond acceptors (Lipinski definition) is 7. The van der Waals surface area contributed by atoms with E-state index in [1.165, 1.54) is 0 Å². The summed E-state index contributed by atoms with van der Waals surface area (Å²) in [5.41, 5.74) is 2.04. The van der Waals surface area contributed by atoms with Gasteiger partial charge in [0.2, 0.25) is 0 Å². The first-order chi connectivity index (χ1) is 13.7. The Labute approximate surface area is 168 Å². The van der Waals surface area contributed by atoms with Crippen LogP contribution in [0.4, 0.5) is 15.6 Å². The number of rotatable bonds is 4. The van der Waals surface area contributed by atoms with E-state index in [0.29, 0.717) is 19.7 Å². The predicted octanol–water partition coefficient (Wildman–Crippen LogP) is 1.27. The number of urea groups is 1. The van der Waals surface area contributed by atoms with Gasteiger partial charge in [-0.05, 0) is 19.2 Å². The smallest absolute Gasteiger partial charge is 0.323 e. The quantitative estimate of drug-likeness (QED) is 0.831. The van der Waals surface area contributed by atoms with Gasteiger partial charge in [0.15, 0.2) is 5.13 Å². The van der Waals surface area contributed by atoms with Gasteiger partial charge >= 0.3 is 6.03 Å². The molecule has 0 atom stereocenters. The molecule has 1 aromatic carbocycles. The third-order valence-electron chi connectivity index (χ3n) is 5.79. The van der Waals surface area contributed by atoms with Crippen molar-refractivity contribution in [1.29, 1.82) is 0 Å². The van der Waals surface area contributed by atoms with Crippen LogP contribution in [0.5, 0.6) is 5.75 Å². The van der Waals surface area contributed by atoms with Crippen molar-refractivity contribution in [2.75, 3.05) is 82.4 Å². The predicted molar refractivity (Wildman–Crippen MR) is 112 cm³/mol. The number of nitrogens with one attached hydrogen (secondary N) is 1. The Morgan fingerprint density at radius 3 is 2.79 bits per heavy atom. The second-order valence-electron chi connectivity index (χ2n) is 7.62. The summed E-state index contributed by atoms with van der Waals surface area (Å²) >= 11 is 1.58. The third kappa shape index (κ3) is 3.27. The molecule has 0 spiro atoms. The number of ether oxygens (including phenoxy) is 1. The number of likely N-dealkylation sites (N-methyl/N-ethyl adjacent to an activating group) is 1. The molecule has 28 heavy (non-hydrogen) atoms.